The lowest BCUT2D eigenvalue weighted by molar-refractivity contribution is 0.100. The molecule has 3 heterocycles. The van der Waals surface area contributed by atoms with Gasteiger partial charge in [-0.25, -0.2) is 14.4 Å². The Kier molecular flexibility index (Phi) is 4.86. The number of fused-ring (bicyclic) bond motifs is 1. The van der Waals surface area contributed by atoms with E-state index in [-0.39, 0.29) is 5.82 Å². The molecule has 146 valence electrons. The number of aromatic nitrogens is 5. The van der Waals surface area contributed by atoms with Crippen LogP contribution in [0.2, 0.25) is 0 Å². The number of imidazole rings is 1. The summed E-state index contributed by atoms with van der Waals surface area (Å²) in [7, 11) is 0. The lowest BCUT2D eigenvalue weighted by Gasteiger charge is -2.09. The molecule has 3 aromatic heterocycles. The topological polar surface area (TPSA) is 111 Å². The van der Waals surface area contributed by atoms with Crippen molar-refractivity contribution in [3.8, 4) is 11.6 Å². The van der Waals surface area contributed by atoms with Crippen molar-refractivity contribution in [2.24, 2.45) is 5.73 Å². The predicted octanol–water partition coefficient (Wildman–Crippen LogP) is 2.60. The van der Waals surface area contributed by atoms with Crippen LogP contribution in [0.15, 0.2) is 48.8 Å². The Balaban J connectivity index is 1.71. The van der Waals surface area contributed by atoms with Crippen molar-refractivity contribution in [3.63, 3.8) is 0 Å². The number of hydrogen-bond donors (Lipinski definition) is 2. The van der Waals surface area contributed by atoms with Gasteiger partial charge < -0.3 is 11.1 Å². The molecule has 4 aromatic rings. The number of amides is 1. The van der Waals surface area contributed by atoms with Crippen LogP contribution in [-0.4, -0.2) is 30.2 Å². The van der Waals surface area contributed by atoms with Crippen LogP contribution in [0.25, 0.3) is 17.2 Å². The van der Waals surface area contributed by atoms with Crippen LogP contribution in [0.4, 0.5) is 10.3 Å². The zero-order valence-corrected chi connectivity index (χ0v) is 15.6. The molecule has 4 rings (SSSR count). The Morgan fingerprint density at radius 1 is 1.21 bits per heavy atom. The molecule has 9 heteroatoms. The van der Waals surface area contributed by atoms with Crippen LogP contribution in [0.1, 0.15) is 28.7 Å². The first-order valence-corrected chi connectivity index (χ1v) is 9.04. The second-order valence-electron chi connectivity index (χ2n) is 6.36. The van der Waals surface area contributed by atoms with Crippen molar-refractivity contribution in [2.75, 3.05) is 5.32 Å². The maximum absolute atomic E-state index is 13.4. The van der Waals surface area contributed by atoms with Gasteiger partial charge in [-0.05, 0) is 29.8 Å². The molecule has 0 fully saturated rings. The normalized spacial score (nSPS) is 11.0. The van der Waals surface area contributed by atoms with Gasteiger partial charge in [0.25, 0.3) is 5.91 Å². The summed E-state index contributed by atoms with van der Waals surface area (Å²) in [4.78, 5) is 29.4. The molecule has 0 aliphatic rings. The van der Waals surface area contributed by atoms with Gasteiger partial charge in [-0.15, -0.1) is 0 Å². The number of carbonyl (C=O) groups excluding carboxylic acids is 1. The third-order valence-corrected chi connectivity index (χ3v) is 4.37. The zero-order valence-electron chi connectivity index (χ0n) is 15.6. The number of benzene rings is 1. The summed E-state index contributed by atoms with van der Waals surface area (Å²) < 4.78 is 15.1. The molecule has 0 aliphatic heterocycles. The van der Waals surface area contributed by atoms with Gasteiger partial charge in [-0.2, -0.15) is 9.97 Å². The number of primary amides is 1. The monoisotopic (exact) mass is 391 g/mol. The van der Waals surface area contributed by atoms with Gasteiger partial charge in [0.1, 0.15) is 11.6 Å². The Bertz CT molecular complexity index is 1200. The zero-order chi connectivity index (χ0) is 20.4. The number of aryl methyl sites for hydroxylation is 1. The molecule has 29 heavy (non-hydrogen) atoms. The number of hydrogen-bond acceptors (Lipinski definition) is 6. The Morgan fingerprint density at radius 2 is 2.07 bits per heavy atom. The fourth-order valence-electron chi connectivity index (χ4n) is 2.98. The standard InChI is InChI=1S/C20H18FN7O/c1-2-16-25-18(19-23-11-15-14(17(22)29)7-4-8-28(15)19)27-20(26-16)24-10-12-5-3-6-13(21)9-12/h3-9,11H,2,10H2,1H3,(H2,22,29)(H,24,25,26,27). The molecule has 0 atom stereocenters. The van der Waals surface area contributed by atoms with Gasteiger partial charge >= 0.3 is 0 Å². The molecule has 0 saturated heterocycles. The summed E-state index contributed by atoms with van der Waals surface area (Å²) in [5.41, 5.74) is 7.14. The van der Waals surface area contributed by atoms with Gasteiger partial charge in [0.2, 0.25) is 11.8 Å². The third kappa shape index (κ3) is 3.75. The van der Waals surface area contributed by atoms with Crippen molar-refractivity contribution >= 4 is 17.4 Å². The van der Waals surface area contributed by atoms with Crippen LogP contribution in [0, 0.1) is 5.82 Å². The van der Waals surface area contributed by atoms with Crippen molar-refractivity contribution in [3.05, 3.63) is 71.6 Å². The van der Waals surface area contributed by atoms with E-state index in [9.17, 15) is 9.18 Å². The van der Waals surface area contributed by atoms with E-state index in [0.29, 0.717) is 47.5 Å². The molecule has 1 amide bonds. The number of nitrogens with one attached hydrogen (secondary N) is 1. The molecule has 0 aliphatic carbocycles. The number of anilines is 1. The fourth-order valence-corrected chi connectivity index (χ4v) is 2.98. The highest BCUT2D eigenvalue weighted by molar-refractivity contribution is 5.99. The molecule has 0 radical (unpaired) electrons. The molecule has 0 spiro atoms. The number of nitrogens with zero attached hydrogens (tertiary/aromatic N) is 5. The molecule has 0 bridgehead atoms. The summed E-state index contributed by atoms with van der Waals surface area (Å²) in [6, 6.07) is 9.65. The minimum atomic E-state index is -0.538. The molecule has 3 N–H and O–H groups in total. The number of pyridine rings is 1. The highest BCUT2D eigenvalue weighted by Gasteiger charge is 2.16. The lowest BCUT2D eigenvalue weighted by atomic mass is 10.2. The van der Waals surface area contributed by atoms with Crippen LogP contribution >= 0.6 is 0 Å². The average Bonchev–Trinajstić information content (AvgIpc) is 3.16. The van der Waals surface area contributed by atoms with Crippen molar-refractivity contribution in [1.29, 1.82) is 0 Å². The first-order valence-electron chi connectivity index (χ1n) is 9.04. The highest BCUT2D eigenvalue weighted by Crippen LogP contribution is 2.20. The van der Waals surface area contributed by atoms with E-state index >= 15 is 0 Å². The molecule has 0 unspecified atom stereocenters. The molecular weight excluding hydrogens is 373 g/mol. The number of halogens is 1. The average molecular weight is 391 g/mol. The minimum absolute atomic E-state index is 0.302. The van der Waals surface area contributed by atoms with Crippen LogP contribution in [-0.2, 0) is 13.0 Å². The first-order chi connectivity index (χ1) is 14.0. The summed E-state index contributed by atoms with van der Waals surface area (Å²) in [6.45, 7) is 2.29. The van der Waals surface area contributed by atoms with Gasteiger partial charge in [-0.3, -0.25) is 9.20 Å². The SMILES string of the molecule is CCc1nc(NCc2cccc(F)c2)nc(-c2ncc3c(C(N)=O)cccn23)n1. The predicted molar refractivity (Wildman–Crippen MR) is 106 cm³/mol. The minimum Gasteiger partial charge on any atom is -0.366 e. The van der Waals surface area contributed by atoms with Crippen LogP contribution in [0.5, 0.6) is 0 Å². The van der Waals surface area contributed by atoms with E-state index < -0.39 is 5.91 Å². The van der Waals surface area contributed by atoms with Gasteiger partial charge in [0.15, 0.2) is 5.82 Å². The maximum Gasteiger partial charge on any atom is 0.250 e. The molecule has 0 saturated carbocycles. The van der Waals surface area contributed by atoms with Crippen molar-refractivity contribution in [1.82, 2.24) is 24.3 Å². The fraction of sp³-hybridized carbons (Fsp3) is 0.150. The van der Waals surface area contributed by atoms with Gasteiger partial charge in [0, 0.05) is 19.2 Å². The second-order valence-corrected chi connectivity index (χ2v) is 6.36. The molecular formula is C20H18FN7O. The van der Waals surface area contributed by atoms with E-state index in [1.54, 1.807) is 35.0 Å². The van der Waals surface area contributed by atoms with E-state index in [0.717, 1.165) is 5.56 Å². The molecule has 1 aromatic carbocycles. The lowest BCUT2D eigenvalue weighted by Crippen LogP contribution is -2.12. The molecule has 8 nitrogen and oxygen atoms in total. The highest BCUT2D eigenvalue weighted by atomic mass is 19.1. The summed E-state index contributed by atoms with van der Waals surface area (Å²) in [6.07, 6.45) is 3.92. The van der Waals surface area contributed by atoms with Crippen LogP contribution < -0.4 is 11.1 Å². The number of carbonyl (C=O) groups is 1. The maximum atomic E-state index is 13.4. The number of rotatable bonds is 6. The summed E-state index contributed by atoms with van der Waals surface area (Å²) in [5.74, 6) is 0.932. The smallest absolute Gasteiger partial charge is 0.250 e. The Morgan fingerprint density at radius 3 is 2.83 bits per heavy atom. The Labute approximate surface area is 165 Å². The van der Waals surface area contributed by atoms with E-state index in [4.69, 9.17) is 5.73 Å². The van der Waals surface area contributed by atoms with E-state index in [1.165, 1.54) is 12.1 Å². The second kappa shape index (κ2) is 7.63. The largest absolute Gasteiger partial charge is 0.366 e. The summed E-state index contributed by atoms with van der Waals surface area (Å²) >= 11 is 0. The quantitative estimate of drug-likeness (QED) is 0.523. The summed E-state index contributed by atoms with van der Waals surface area (Å²) in [5, 5.41) is 3.10. The van der Waals surface area contributed by atoms with Crippen molar-refractivity contribution < 1.29 is 9.18 Å². The Hall–Kier alpha value is -3.88. The van der Waals surface area contributed by atoms with Gasteiger partial charge in [-0.1, -0.05) is 19.1 Å². The van der Waals surface area contributed by atoms with Gasteiger partial charge in [0.05, 0.1) is 17.3 Å². The first kappa shape index (κ1) is 18.5. The van der Waals surface area contributed by atoms with E-state index in [2.05, 4.69) is 25.3 Å². The van der Waals surface area contributed by atoms with Crippen molar-refractivity contribution in [2.45, 2.75) is 19.9 Å². The van der Waals surface area contributed by atoms with Crippen LogP contribution in [0.3, 0.4) is 0 Å². The number of nitrogens with two attached hydrogens (primary N) is 1. The third-order valence-electron chi connectivity index (χ3n) is 4.37. The van der Waals surface area contributed by atoms with E-state index in [1.807, 2.05) is 13.0 Å².